The van der Waals surface area contributed by atoms with Crippen LogP contribution in [-0.4, -0.2) is 19.0 Å². The van der Waals surface area contributed by atoms with E-state index in [2.05, 4.69) is 51.9 Å². The number of likely N-dealkylation sites (N-methyl/N-ethyl adjacent to an activating group) is 1. The lowest BCUT2D eigenvalue weighted by atomic mass is 9.90. The van der Waals surface area contributed by atoms with E-state index in [4.69, 9.17) is 0 Å². The van der Waals surface area contributed by atoms with Gasteiger partial charge >= 0.3 is 0 Å². The molecule has 0 aromatic heterocycles. The van der Waals surface area contributed by atoms with Crippen molar-refractivity contribution in [2.75, 3.05) is 14.1 Å². The minimum Gasteiger partial charge on any atom is -0.377 e. The van der Waals surface area contributed by atoms with Gasteiger partial charge in [-0.05, 0) is 44.8 Å². The van der Waals surface area contributed by atoms with E-state index in [1.165, 1.54) is 35.3 Å². The minimum atomic E-state index is 1.20. The van der Waals surface area contributed by atoms with Gasteiger partial charge in [-0.2, -0.15) is 0 Å². The molecule has 0 aliphatic heterocycles. The summed E-state index contributed by atoms with van der Waals surface area (Å²) in [5, 5.41) is 0. The Morgan fingerprint density at radius 1 is 1.36 bits per heavy atom. The highest BCUT2D eigenvalue weighted by molar-refractivity contribution is 5.49. The van der Waals surface area contributed by atoms with Crippen molar-refractivity contribution in [3.05, 3.63) is 34.6 Å². The van der Waals surface area contributed by atoms with Crippen molar-refractivity contribution in [3.63, 3.8) is 0 Å². The van der Waals surface area contributed by atoms with Crippen LogP contribution in [0, 0.1) is 0 Å². The third kappa shape index (κ3) is 2.09. The molecule has 0 aromatic carbocycles. The first kappa shape index (κ1) is 11.1. The van der Waals surface area contributed by atoms with Gasteiger partial charge in [-0.1, -0.05) is 17.7 Å². The van der Waals surface area contributed by atoms with Crippen LogP contribution >= 0.6 is 0 Å². The number of nitrogens with zero attached hydrogens (tertiary/aromatic N) is 1. The molecule has 1 nitrogen and oxygen atoms in total. The van der Waals surface area contributed by atoms with Gasteiger partial charge in [0.1, 0.15) is 0 Å². The molecule has 0 radical (unpaired) electrons. The fourth-order valence-electron chi connectivity index (χ4n) is 2.12. The first-order chi connectivity index (χ1) is 6.57. The lowest BCUT2D eigenvalue weighted by molar-refractivity contribution is 0.519. The van der Waals surface area contributed by atoms with Crippen LogP contribution in [-0.2, 0) is 0 Å². The maximum Gasteiger partial charge on any atom is 0.0393 e. The summed E-state index contributed by atoms with van der Waals surface area (Å²) in [5.74, 6) is 0. The molecule has 1 aliphatic rings. The quantitative estimate of drug-likeness (QED) is 0.645. The molecule has 0 saturated heterocycles. The highest BCUT2D eigenvalue weighted by atomic mass is 15.1. The zero-order valence-electron chi connectivity index (χ0n) is 10.0. The SMILES string of the molecule is C/C=C(/C1=C(C)CCC=C1C)N(C)C. The summed E-state index contributed by atoms with van der Waals surface area (Å²) in [4.78, 5) is 2.20. The number of allylic oxidation sites excluding steroid dienone is 4. The van der Waals surface area contributed by atoms with E-state index in [0.717, 1.165) is 0 Å². The molecule has 0 amide bonds. The van der Waals surface area contributed by atoms with Crippen LogP contribution < -0.4 is 0 Å². The molecule has 1 heteroatoms. The van der Waals surface area contributed by atoms with Crippen LogP contribution in [0.1, 0.15) is 33.6 Å². The average molecular weight is 191 g/mol. The summed E-state index contributed by atoms with van der Waals surface area (Å²) in [7, 11) is 4.22. The molecule has 0 atom stereocenters. The molecule has 0 unspecified atom stereocenters. The first-order valence-electron chi connectivity index (χ1n) is 5.28. The third-order valence-corrected chi connectivity index (χ3v) is 2.80. The lowest BCUT2D eigenvalue weighted by Gasteiger charge is -2.25. The summed E-state index contributed by atoms with van der Waals surface area (Å²) < 4.78 is 0. The zero-order valence-corrected chi connectivity index (χ0v) is 10.0. The summed E-state index contributed by atoms with van der Waals surface area (Å²) in [6, 6.07) is 0. The zero-order chi connectivity index (χ0) is 10.7. The lowest BCUT2D eigenvalue weighted by Crippen LogP contribution is -2.15. The Kier molecular flexibility index (Phi) is 3.56. The molecule has 0 fully saturated rings. The predicted molar refractivity (Wildman–Crippen MR) is 63.1 cm³/mol. The Morgan fingerprint density at radius 3 is 2.43 bits per heavy atom. The molecule has 0 bridgehead atoms. The number of hydrogen-bond acceptors (Lipinski definition) is 1. The average Bonchev–Trinajstić information content (AvgIpc) is 2.10. The van der Waals surface area contributed by atoms with E-state index < -0.39 is 0 Å². The Labute approximate surface area is 87.8 Å². The molecule has 0 aromatic rings. The van der Waals surface area contributed by atoms with Crippen LogP contribution in [0.3, 0.4) is 0 Å². The van der Waals surface area contributed by atoms with Gasteiger partial charge in [-0.3, -0.25) is 0 Å². The smallest absolute Gasteiger partial charge is 0.0393 e. The normalized spacial score (nSPS) is 18.4. The van der Waals surface area contributed by atoms with Crippen molar-refractivity contribution in [1.29, 1.82) is 0 Å². The van der Waals surface area contributed by atoms with E-state index in [0.29, 0.717) is 0 Å². The van der Waals surface area contributed by atoms with Crippen LogP contribution in [0.25, 0.3) is 0 Å². The second kappa shape index (κ2) is 4.50. The maximum absolute atomic E-state index is 2.34. The van der Waals surface area contributed by atoms with Gasteiger partial charge in [-0.15, -0.1) is 0 Å². The summed E-state index contributed by atoms with van der Waals surface area (Å²) in [5.41, 5.74) is 5.74. The topological polar surface area (TPSA) is 3.24 Å². The monoisotopic (exact) mass is 191 g/mol. The Morgan fingerprint density at radius 2 is 2.00 bits per heavy atom. The largest absolute Gasteiger partial charge is 0.377 e. The third-order valence-electron chi connectivity index (χ3n) is 2.80. The molecule has 0 saturated carbocycles. The highest BCUT2D eigenvalue weighted by Gasteiger charge is 2.14. The molecule has 0 spiro atoms. The van der Waals surface area contributed by atoms with Crippen LogP contribution in [0.5, 0.6) is 0 Å². The second-order valence-corrected chi connectivity index (χ2v) is 4.15. The summed E-state index contributed by atoms with van der Waals surface area (Å²) in [6.07, 6.45) is 6.94. The van der Waals surface area contributed by atoms with E-state index in [1.807, 2.05) is 0 Å². The summed E-state index contributed by atoms with van der Waals surface area (Å²) in [6.45, 7) is 6.57. The standard InChI is InChI=1S/C13H21N/c1-6-12(14(4)5)13-10(2)8-7-9-11(13)3/h6,8H,7,9H2,1-5H3/b12-6-. The molecular formula is C13H21N. The minimum absolute atomic E-state index is 1.20. The molecule has 78 valence electrons. The fourth-order valence-corrected chi connectivity index (χ4v) is 2.12. The fraction of sp³-hybridized carbons (Fsp3) is 0.538. The molecule has 14 heavy (non-hydrogen) atoms. The highest BCUT2D eigenvalue weighted by Crippen LogP contribution is 2.30. The van der Waals surface area contributed by atoms with Gasteiger partial charge < -0.3 is 4.90 Å². The van der Waals surface area contributed by atoms with Gasteiger partial charge in [0.25, 0.3) is 0 Å². The Bertz CT molecular complexity index is 303. The Balaban J connectivity index is 3.12. The summed E-state index contributed by atoms with van der Waals surface area (Å²) >= 11 is 0. The van der Waals surface area contributed by atoms with Crippen molar-refractivity contribution in [2.24, 2.45) is 0 Å². The number of hydrogen-bond donors (Lipinski definition) is 0. The van der Waals surface area contributed by atoms with Crippen LogP contribution in [0.15, 0.2) is 34.6 Å². The maximum atomic E-state index is 2.34. The number of rotatable bonds is 2. The van der Waals surface area contributed by atoms with E-state index in [9.17, 15) is 0 Å². The van der Waals surface area contributed by atoms with E-state index in [-0.39, 0.29) is 0 Å². The molecule has 0 N–H and O–H groups in total. The van der Waals surface area contributed by atoms with Gasteiger partial charge in [0.15, 0.2) is 0 Å². The van der Waals surface area contributed by atoms with Crippen molar-refractivity contribution >= 4 is 0 Å². The van der Waals surface area contributed by atoms with Crippen molar-refractivity contribution < 1.29 is 0 Å². The Hall–Kier alpha value is -0.980. The van der Waals surface area contributed by atoms with E-state index in [1.54, 1.807) is 0 Å². The van der Waals surface area contributed by atoms with Crippen molar-refractivity contribution in [3.8, 4) is 0 Å². The van der Waals surface area contributed by atoms with Crippen LogP contribution in [0.4, 0.5) is 0 Å². The second-order valence-electron chi connectivity index (χ2n) is 4.15. The predicted octanol–water partition coefficient (Wildman–Crippen LogP) is 3.51. The van der Waals surface area contributed by atoms with Gasteiger partial charge in [0.05, 0.1) is 0 Å². The van der Waals surface area contributed by atoms with Crippen LogP contribution in [0.2, 0.25) is 0 Å². The molecular weight excluding hydrogens is 170 g/mol. The van der Waals surface area contributed by atoms with E-state index >= 15 is 0 Å². The van der Waals surface area contributed by atoms with Crippen molar-refractivity contribution in [1.82, 2.24) is 4.90 Å². The molecule has 1 rings (SSSR count). The molecule has 0 heterocycles. The van der Waals surface area contributed by atoms with Crippen molar-refractivity contribution in [2.45, 2.75) is 33.6 Å². The van der Waals surface area contributed by atoms with Gasteiger partial charge in [-0.25, -0.2) is 0 Å². The van der Waals surface area contributed by atoms with Gasteiger partial charge in [0.2, 0.25) is 0 Å². The molecule has 1 aliphatic carbocycles. The van der Waals surface area contributed by atoms with Gasteiger partial charge in [0, 0.05) is 19.8 Å². The first-order valence-corrected chi connectivity index (χ1v) is 5.28.